The van der Waals surface area contributed by atoms with E-state index in [0.29, 0.717) is 6.61 Å². The number of fused-ring (bicyclic) bond motifs is 1. The van der Waals surface area contributed by atoms with Crippen LogP contribution < -0.4 is 4.74 Å². The molecule has 4 nitrogen and oxygen atoms in total. The highest BCUT2D eigenvalue weighted by molar-refractivity contribution is 5.66. The third-order valence-electron chi connectivity index (χ3n) is 3.58. The van der Waals surface area contributed by atoms with Crippen molar-refractivity contribution in [1.82, 2.24) is 0 Å². The van der Waals surface area contributed by atoms with Crippen molar-refractivity contribution in [2.45, 2.75) is 86.7 Å². The second-order valence-electron chi connectivity index (χ2n) is 7.38. The highest BCUT2D eigenvalue weighted by Crippen LogP contribution is 2.31. The number of aliphatic hydroxyl groups is 1. The standard InChI is InChI=1S/C12H16O.C6H12O2.C3H8O.C2H6/c1-9-6-7-11-10(8-9)4-3-5-12(11)13-2;1-5(7)8-6(2,3)4;1-2-3-4;1-2/h3-5,9H,6-8H2,1-2H3;1-4H3;4H,2-3H2,1H3;1-2H3/t9-;;;/m0.../s1. The Morgan fingerprint density at radius 1 is 1.26 bits per heavy atom. The van der Waals surface area contributed by atoms with E-state index in [1.165, 1.54) is 37.3 Å². The third kappa shape index (κ3) is 14.2. The molecular weight excluding hydrogens is 340 g/mol. The number of ether oxygens (including phenoxy) is 2. The Kier molecular flexibility index (Phi) is 15.9. The van der Waals surface area contributed by atoms with Crippen LogP contribution in [0, 0.1) is 5.92 Å². The van der Waals surface area contributed by atoms with Crippen LogP contribution in [0.2, 0.25) is 0 Å². The smallest absolute Gasteiger partial charge is 0.303 e. The lowest BCUT2D eigenvalue weighted by atomic mass is 9.84. The molecule has 0 spiro atoms. The van der Waals surface area contributed by atoms with Crippen molar-refractivity contribution in [1.29, 1.82) is 0 Å². The van der Waals surface area contributed by atoms with Crippen molar-refractivity contribution in [3.8, 4) is 5.75 Å². The van der Waals surface area contributed by atoms with Gasteiger partial charge >= 0.3 is 5.97 Å². The first-order valence-corrected chi connectivity index (χ1v) is 10.1. The number of methoxy groups -OCH3 is 1. The molecule has 0 heterocycles. The molecule has 0 radical (unpaired) electrons. The van der Waals surface area contributed by atoms with Gasteiger partial charge in [-0.1, -0.05) is 39.8 Å². The minimum absolute atomic E-state index is 0.225. The van der Waals surface area contributed by atoms with E-state index >= 15 is 0 Å². The van der Waals surface area contributed by atoms with Crippen LogP contribution in [0.4, 0.5) is 0 Å². The molecule has 1 N–H and O–H groups in total. The summed E-state index contributed by atoms with van der Waals surface area (Å²) in [4.78, 5) is 10.2. The zero-order chi connectivity index (χ0) is 21.5. The predicted molar refractivity (Wildman–Crippen MR) is 114 cm³/mol. The Labute approximate surface area is 167 Å². The largest absolute Gasteiger partial charge is 0.496 e. The van der Waals surface area contributed by atoms with Crippen LogP contribution in [0.5, 0.6) is 5.75 Å². The lowest BCUT2D eigenvalue weighted by Crippen LogP contribution is -2.21. The zero-order valence-electron chi connectivity index (χ0n) is 19.0. The fourth-order valence-electron chi connectivity index (χ4n) is 2.58. The van der Waals surface area contributed by atoms with Gasteiger partial charge in [0.2, 0.25) is 0 Å². The average Bonchev–Trinajstić information content (AvgIpc) is 2.61. The summed E-state index contributed by atoms with van der Waals surface area (Å²) < 4.78 is 10.1. The molecule has 2 rings (SSSR count). The van der Waals surface area contributed by atoms with Crippen molar-refractivity contribution in [3.63, 3.8) is 0 Å². The first kappa shape index (κ1) is 27.7. The van der Waals surface area contributed by atoms with E-state index in [-0.39, 0.29) is 11.6 Å². The first-order chi connectivity index (χ1) is 12.6. The normalized spacial score (nSPS) is 14.7. The number of rotatable bonds is 2. The van der Waals surface area contributed by atoms with E-state index in [1.54, 1.807) is 7.11 Å². The summed E-state index contributed by atoms with van der Waals surface area (Å²) in [7, 11) is 1.76. The van der Waals surface area contributed by atoms with Gasteiger partial charge in [0.15, 0.2) is 0 Å². The zero-order valence-corrected chi connectivity index (χ0v) is 19.0. The Hall–Kier alpha value is -1.55. The maximum atomic E-state index is 10.2. The van der Waals surface area contributed by atoms with Crippen LogP contribution >= 0.6 is 0 Å². The Balaban J connectivity index is 0. The van der Waals surface area contributed by atoms with Crippen molar-refractivity contribution < 1.29 is 19.4 Å². The number of carbonyl (C=O) groups is 1. The summed E-state index contributed by atoms with van der Waals surface area (Å²) in [6.07, 6.45) is 4.57. The molecule has 27 heavy (non-hydrogen) atoms. The van der Waals surface area contributed by atoms with Crippen LogP contribution in [-0.4, -0.2) is 30.4 Å². The number of aliphatic hydroxyl groups excluding tert-OH is 1. The predicted octanol–water partition coefficient (Wildman–Crippen LogP) is 5.58. The van der Waals surface area contributed by atoms with Crippen LogP contribution in [0.1, 0.15) is 79.4 Å². The molecule has 0 fully saturated rings. The lowest BCUT2D eigenvalue weighted by molar-refractivity contribution is -0.151. The van der Waals surface area contributed by atoms with E-state index < -0.39 is 0 Å². The van der Waals surface area contributed by atoms with Gasteiger partial charge in [-0.3, -0.25) is 4.79 Å². The first-order valence-electron chi connectivity index (χ1n) is 10.1. The Morgan fingerprint density at radius 2 is 1.81 bits per heavy atom. The Morgan fingerprint density at radius 3 is 2.19 bits per heavy atom. The highest BCUT2D eigenvalue weighted by atomic mass is 16.6. The molecule has 1 aromatic carbocycles. The molecule has 0 amide bonds. The quantitative estimate of drug-likeness (QED) is 0.678. The topological polar surface area (TPSA) is 55.8 Å². The SMILES string of the molecule is CC.CC(=O)OC(C)(C)C.CCCO.COc1cccc2c1CC[C@H](C)C2. The minimum Gasteiger partial charge on any atom is -0.496 e. The molecular formula is C23H42O4. The molecule has 0 aromatic heterocycles. The highest BCUT2D eigenvalue weighted by Gasteiger charge is 2.17. The van der Waals surface area contributed by atoms with Gasteiger partial charge in [-0.25, -0.2) is 0 Å². The van der Waals surface area contributed by atoms with Crippen molar-refractivity contribution >= 4 is 5.97 Å². The van der Waals surface area contributed by atoms with Gasteiger partial charge in [0, 0.05) is 13.5 Å². The fraction of sp³-hybridized carbons (Fsp3) is 0.696. The maximum absolute atomic E-state index is 10.2. The van der Waals surface area contributed by atoms with Gasteiger partial charge in [-0.2, -0.15) is 0 Å². The summed E-state index contributed by atoms with van der Waals surface area (Å²) in [5, 5.41) is 7.88. The van der Waals surface area contributed by atoms with Crippen molar-refractivity contribution in [2.24, 2.45) is 5.92 Å². The summed E-state index contributed by atoms with van der Waals surface area (Å²) in [5.41, 5.74) is 2.59. The number of carbonyl (C=O) groups excluding carboxylic acids is 1. The number of esters is 1. The third-order valence-corrected chi connectivity index (χ3v) is 3.58. The van der Waals surface area contributed by atoms with Gasteiger partial charge in [0.25, 0.3) is 0 Å². The van der Waals surface area contributed by atoms with Crippen LogP contribution in [-0.2, 0) is 22.4 Å². The fourth-order valence-corrected chi connectivity index (χ4v) is 2.58. The van der Waals surface area contributed by atoms with Gasteiger partial charge in [0.05, 0.1) is 7.11 Å². The molecule has 4 heteroatoms. The summed E-state index contributed by atoms with van der Waals surface area (Å²) in [6, 6.07) is 6.39. The molecule has 1 aliphatic carbocycles. The van der Waals surface area contributed by atoms with Crippen LogP contribution in [0.15, 0.2) is 18.2 Å². The van der Waals surface area contributed by atoms with Gasteiger partial charge in [-0.05, 0) is 69.6 Å². The summed E-state index contributed by atoms with van der Waals surface area (Å²) in [5.74, 6) is 1.68. The molecule has 1 aliphatic rings. The van der Waals surface area contributed by atoms with Gasteiger partial charge in [-0.15, -0.1) is 0 Å². The van der Waals surface area contributed by atoms with E-state index in [4.69, 9.17) is 14.6 Å². The van der Waals surface area contributed by atoms with E-state index in [2.05, 4.69) is 25.1 Å². The molecule has 0 saturated heterocycles. The second kappa shape index (κ2) is 15.5. The monoisotopic (exact) mass is 382 g/mol. The number of benzene rings is 1. The number of hydrogen-bond acceptors (Lipinski definition) is 4. The van der Waals surface area contributed by atoms with Crippen LogP contribution in [0.25, 0.3) is 0 Å². The average molecular weight is 383 g/mol. The molecule has 0 unspecified atom stereocenters. The van der Waals surface area contributed by atoms with Crippen LogP contribution in [0.3, 0.4) is 0 Å². The maximum Gasteiger partial charge on any atom is 0.303 e. The molecule has 1 aromatic rings. The minimum atomic E-state index is -0.328. The van der Waals surface area contributed by atoms with Crippen molar-refractivity contribution in [3.05, 3.63) is 29.3 Å². The molecule has 158 valence electrons. The van der Waals surface area contributed by atoms with E-state index in [0.717, 1.165) is 18.1 Å². The number of hydrogen-bond donors (Lipinski definition) is 1. The lowest BCUT2D eigenvalue weighted by Gasteiger charge is -2.22. The molecule has 0 saturated carbocycles. The molecule has 1 atom stereocenters. The van der Waals surface area contributed by atoms with Gasteiger partial charge < -0.3 is 14.6 Å². The second-order valence-corrected chi connectivity index (χ2v) is 7.38. The molecule has 0 aliphatic heterocycles. The molecule has 0 bridgehead atoms. The van der Waals surface area contributed by atoms with E-state index in [9.17, 15) is 4.79 Å². The van der Waals surface area contributed by atoms with Crippen molar-refractivity contribution in [2.75, 3.05) is 13.7 Å². The Bertz CT molecular complexity index is 502. The summed E-state index contributed by atoms with van der Waals surface area (Å²) in [6.45, 7) is 15.5. The van der Waals surface area contributed by atoms with E-state index in [1.807, 2.05) is 41.5 Å². The van der Waals surface area contributed by atoms with Gasteiger partial charge in [0.1, 0.15) is 11.4 Å². The summed E-state index contributed by atoms with van der Waals surface area (Å²) >= 11 is 0.